The van der Waals surface area contributed by atoms with Crippen LogP contribution in [0.2, 0.25) is 10.2 Å². The molecule has 1 aliphatic heterocycles. The van der Waals surface area contributed by atoms with Crippen LogP contribution in [0.1, 0.15) is 26.1 Å². The first-order valence-electron chi connectivity index (χ1n) is 11.4. The molecule has 0 bridgehead atoms. The number of fused-ring (bicyclic) bond motifs is 1. The fourth-order valence-electron chi connectivity index (χ4n) is 4.78. The molecule has 180 valence electrons. The average Bonchev–Trinajstić information content (AvgIpc) is 3.44. The Bertz CT molecular complexity index is 1320. The standard InChI is InChI=1S/C26H26ClFN4OSSi/c1-26(2,3)35(19-10-6-4-7-11-19,20-12-8-5-9-13-20)33-15-18-14-21(28)25(34-18)32-17-31-22-23(27)29-16-30-24(22)32/h4-14,16-18,25H,15H2,1-3H3/t18-,25+/m0/s1. The molecule has 0 fully saturated rings. The van der Waals surface area contributed by atoms with Crippen molar-refractivity contribution in [2.75, 3.05) is 6.61 Å². The van der Waals surface area contributed by atoms with E-state index in [0.717, 1.165) is 0 Å². The molecule has 2 aromatic carbocycles. The van der Waals surface area contributed by atoms with Gasteiger partial charge in [-0.3, -0.25) is 4.57 Å². The highest BCUT2D eigenvalue weighted by Crippen LogP contribution is 2.44. The zero-order valence-corrected chi connectivity index (χ0v) is 22.3. The Kier molecular flexibility index (Phi) is 6.56. The predicted octanol–water partition coefficient (Wildman–Crippen LogP) is 5.52. The van der Waals surface area contributed by atoms with Gasteiger partial charge in [0.25, 0.3) is 8.32 Å². The van der Waals surface area contributed by atoms with Crippen molar-refractivity contribution in [1.29, 1.82) is 0 Å². The van der Waals surface area contributed by atoms with Gasteiger partial charge >= 0.3 is 0 Å². The molecule has 5 nitrogen and oxygen atoms in total. The van der Waals surface area contributed by atoms with Crippen molar-refractivity contribution in [3.05, 3.63) is 90.4 Å². The monoisotopic (exact) mass is 524 g/mol. The molecule has 3 heterocycles. The molecule has 0 spiro atoms. The highest BCUT2D eigenvalue weighted by Gasteiger charge is 2.50. The van der Waals surface area contributed by atoms with Crippen LogP contribution in [0.4, 0.5) is 4.39 Å². The second kappa shape index (κ2) is 9.50. The number of aromatic nitrogens is 4. The van der Waals surface area contributed by atoms with Gasteiger partial charge < -0.3 is 4.43 Å². The second-order valence-corrected chi connectivity index (χ2v) is 15.5. The summed E-state index contributed by atoms with van der Waals surface area (Å²) < 4.78 is 23.9. The maximum atomic E-state index is 15.2. The normalized spacial score (nSPS) is 18.7. The van der Waals surface area contributed by atoms with E-state index in [9.17, 15) is 0 Å². The van der Waals surface area contributed by atoms with E-state index in [1.807, 2.05) is 12.1 Å². The molecule has 0 saturated carbocycles. The quantitative estimate of drug-likeness (QED) is 0.245. The number of imidazole rings is 1. The summed E-state index contributed by atoms with van der Waals surface area (Å²) in [7, 11) is -2.70. The number of halogens is 2. The maximum Gasteiger partial charge on any atom is 0.261 e. The third-order valence-corrected chi connectivity index (χ3v) is 12.9. The van der Waals surface area contributed by atoms with E-state index in [4.69, 9.17) is 16.0 Å². The molecule has 2 aromatic heterocycles. The van der Waals surface area contributed by atoms with Crippen molar-refractivity contribution in [3.8, 4) is 0 Å². The Morgan fingerprint density at radius 3 is 2.23 bits per heavy atom. The van der Waals surface area contributed by atoms with Crippen LogP contribution < -0.4 is 10.4 Å². The topological polar surface area (TPSA) is 52.8 Å². The number of hydrogen-bond donors (Lipinski definition) is 0. The molecular formula is C26H26ClFN4OSSi. The predicted molar refractivity (Wildman–Crippen MR) is 144 cm³/mol. The van der Waals surface area contributed by atoms with E-state index in [1.165, 1.54) is 28.5 Å². The lowest BCUT2D eigenvalue weighted by atomic mass is 10.2. The van der Waals surface area contributed by atoms with Crippen LogP contribution in [0.15, 0.2) is 85.2 Å². The molecule has 2 atom stereocenters. The van der Waals surface area contributed by atoms with Gasteiger partial charge in [-0.15, -0.1) is 11.8 Å². The van der Waals surface area contributed by atoms with Crippen molar-refractivity contribution in [2.24, 2.45) is 0 Å². The van der Waals surface area contributed by atoms with Crippen LogP contribution in [0, 0.1) is 0 Å². The first kappa shape index (κ1) is 24.2. The van der Waals surface area contributed by atoms with E-state index in [1.54, 1.807) is 17.0 Å². The van der Waals surface area contributed by atoms with E-state index < -0.39 is 13.7 Å². The largest absolute Gasteiger partial charge is 0.406 e. The van der Waals surface area contributed by atoms with Gasteiger partial charge in [-0.2, -0.15) is 0 Å². The van der Waals surface area contributed by atoms with Gasteiger partial charge in [0.05, 0.1) is 18.2 Å². The summed E-state index contributed by atoms with van der Waals surface area (Å²) in [5.41, 5.74) is 0.981. The minimum atomic E-state index is -2.70. The van der Waals surface area contributed by atoms with Crippen molar-refractivity contribution in [1.82, 2.24) is 19.5 Å². The van der Waals surface area contributed by atoms with Gasteiger partial charge in [0.2, 0.25) is 0 Å². The van der Waals surface area contributed by atoms with E-state index in [0.29, 0.717) is 17.8 Å². The summed E-state index contributed by atoms with van der Waals surface area (Å²) in [5.74, 6) is -0.236. The number of hydrogen-bond acceptors (Lipinski definition) is 5. The third kappa shape index (κ3) is 4.33. The maximum absolute atomic E-state index is 15.2. The fourth-order valence-corrected chi connectivity index (χ4v) is 10.8. The van der Waals surface area contributed by atoms with Crippen LogP contribution in [-0.2, 0) is 4.43 Å². The van der Waals surface area contributed by atoms with Crippen LogP contribution in [-0.4, -0.2) is 39.7 Å². The van der Waals surface area contributed by atoms with Crippen LogP contribution in [0.5, 0.6) is 0 Å². The lowest BCUT2D eigenvalue weighted by Crippen LogP contribution is -2.67. The molecule has 0 aliphatic carbocycles. The van der Waals surface area contributed by atoms with Gasteiger partial charge in [-0.1, -0.05) is 93.0 Å². The molecule has 0 N–H and O–H groups in total. The molecule has 0 unspecified atom stereocenters. The van der Waals surface area contributed by atoms with E-state index >= 15 is 4.39 Å². The highest BCUT2D eigenvalue weighted by molar-refractivity contribution is 8.00. The zero-order chi connectivity index (χ0) is 24.6. The van der Waals surface area contributed by atoms with Gasteiger partial charge in [-0.05, 0) is 21.5 Å². The third-order valence-electron chi connectivity index (χ3n) is 6.33. The Morgan fingerprint density at radius 2 is 1.63 bits per heavy atom. The Balaban J connectivity index is 1.46. The summed E-state index contributed by atoms with van der Waals surface area (Å²) in [4.78, 5) is 12.5. The van der Waals surface area contributed by atoms with Crippen molar-refractivity contribution in [2.45, 2.75) is 36.4 Å². The second-order valence-electron chi connectivity index (χ2n) is 9.54. The lowest BCUT2D eigenvalue weighted by molar-refractivity contribution is 0.308. The highest BCUT2D eigenvalue weighted by atomic mass is 35.5. The van der Waals surface area contributed by atoms with Gasteiger partial charge in [0.1, 0.15) is 23.0 Å². The number of benzene rings is 2. The average molecular weight is 525 g/mol. The minimum Gasteiger partial charge on any atom is -0.406 e. The molecule has 35 heavy (non-hydrogen) atoms. The van der Waals surface area contributed by atoms with E-state index in [2.05, 4.69) is 84.3 Å². The summed E-state index contributed by atoms with van der Waals surface area (Å²) in [5, 5.41) is 1.79. The molecule has 0 amide bonds. The van der Waals surface area contributed by atoms with Gasteiger partial charge in [-0.25, -0.2) is 19.3 Å². The van der Waals surface area contributed by atoms with Crippen LogP contribution >= 0.6 is 23.4 Å². The Labute approximate surface area is 214 Å². The molecule has 1 aliphatic rings. The smallest absolute Gasteiger partial charge is 0.261 e. The number of thioether (sulfide) groups is 1. The van der Waals surface area contributed by atoms with Crippen LogP contribution in [0.3, 0.4) is 0 Å². The van der Waals surface area contributed by atoms with Gasteiger partial charge in [0, 0.05) is 0 Å². The molecular weight excluding hydrogens is 499 g/mol. The van der Waals surface area contributed by atoms with Crippen molar-refractivity contribution >= 4 is 53.2 Å². The number of nitrogens with zero attached hydrogens (tertiary/aromatic N) is 4. The summed E-state index contributed by atoms with van der Waals surface area (Å²) in [6.45, 7) is 7.11. The van der Waals surface area contributed by atoms with Gasteiger partial charge in [0.15, 0.2) is 10.8 Å². The summed E-state index contributed by atoms with van der Waals surface area (Å²) >= 11 is 7.63. The Morgan fingerprint density at radius 1 is 1.00 bits per heavy atom. The Hall–Kier alpha value is -2.52. The molecule has 0 saturated heterocycles. The van der Waals surface area contributed by atoms with Crippen molar-refractivity contribution in [3.63, 3.8) is 0 Å². The SMILES string of the molecule is CC(C)(C)[Si](OC[C@@H]1C=C(F)[C@H](n2cnc3c(Cl)ncnc32)S1)(c1ccccc1)c1ccccc1. The molecule has 9 heteroatoms. The fraction of sp³-hybridized carbons (Fsp3) is 0.269. The van der Waals surface area contributed by atoms with E-state index in [-0.39, 0.29) is 21.3 Å². The molecule has 0 radical (unpaired) electrons. The first-order valence-corrected chi connectivity index (χ1v) is 14.6. The first-order chi connectivity index (χ1) is 16.8. The summed E-state index contributed by atoms with van der Waals surface area (Å²) in [6, 6.07) is 20.9. The van der Waals surface area contributed by atoms with Crippen molar-refractivity contribution < 1.29 is 8.82 Å². The molecule has 4 aromatic rings. The summed E-state index contributed by atoms with van der Waals surface area (Å²) in [6.07, 6.45) is 4.59. The zero-order valence-electron chi connectivity index (χ0n) is 19.7. The minimum absolute atomic E-state index is 0.144. The lowest BCUT2D eigenvalue weighted by Gasteiger charge is -2.43. The van der Waals surface area contributed by atoms with Crippen LogP contribution in [0.25, 0.3) is 11.2 Å². The number of rotatable bonds is 6. The molecule has 5 rings (SSSR count).